The maximum atomic E-state index is 11.6. The summed E-state index contributed by atoms with van der Waals surface area (Å²) < 4.78 is 1.63. The number of thiazole rings is 1. The Bertz CT molecular complexity index is 1130. The predicted molar refractivity (Wildman–Crippen MR) is 114 cm³/mol. The van der Waals surface area contributed by atoms with E-state index in [1.807, 2.05) is 47.8 Å². The van der Waals surface area contributed by atoms with E-state index in [4.69, 9.17) is 23.2 Å². The van der Waals surface area contributed by atoms with E-state index in [1.165, 1.54) is 18.3 Å². The Morgan fingerprint density at radius 2 is 1.54 bits per heavy atom. The highest BCUT2D eigenvalue weighted by molar-refractivity contribution is 7.12. The van der Waals surface area contributed by atoms with Crippen LogP contribution in [-0.2, 0) is 4.79 Å². The highest BCUT2D eigenvalue weighted by atomic mass is 35.5. The SMILES string of the molecule is CC(=O)Nc1cc(-c2ccc(Cl)cc2)nn1-c1nc(-c2ccc(Cl)cc2)cs1. The minimum Gasteiger partial charge on any atom is -0.311 e. The Morgan fingerprint density at radius 1 is 0.964 bits per heavy atom. The smallest absolute Gasteiger partial charge is 0.222 e. The van der Waals surface area contributed by atoms with Crippen molar-refractivity contribution in [2.24, 2.45) is 0 Å². The molecule has 140 valence electrons. The van der Waals surface area contributed by atoms with E-state index in [0.29, 0.717) is 26.7 Å². The summed E-state index contributed by atoms with van der Waals surface area (Å²) in [6, 6.07) is 16.7. The van der Waals surface area contributed by atoms with Crippen molar-refractivity contribution in [1.29, 1.82) is 0 Å². The number of aromatic nitrogens is 3. The summed E-state index contributed by atoms with van der Waals surface area (Å²) in [6.07, 6.45) is 0. The number of hydrogen-bond donors (Lipinski definition) is 1. The monoisotopic (exact) mass is 428 g/mol. The van der Waals surface area contributed by atoms with Crippen LogP contribution in [0.4, 0.5) is 5.82 Å². The van der Waals surface area contributed by atoms with Gasteiger partial charge in [0, 0.05) is 39.5 Å². The van der Waals surface area contributed by atoms with Crippen molar-refractivity contribution in [1.82, 2.24) is 14.8 Å². The third-order valence-corrected chi connectivity index (χ3v) is 5.29. The van der Waals surface area contributed by atoms with Crippen molar-refractivity contribution >= 4 is 46.3 Å². The van der Waals surface area contributed by atoms with Crippen LogP contribution in [0.3, 0.4) is 0 Å². The Balaban J connectivity index is 1.74. The van der Waals surface area contributed by atoms with Gasteiger partial charge in [0.2, 0.25) is 11.0 Å². The van der Waals surface area contributed by atoms with Crippen LogP contribution in [-0.4, -0.2) is 20.7 Å². The normalized spacial score (nSPS) is 10.8. The second kappa shape index (κ2) is 7.75. The van der Waals surface area contributed by atoms with Gasteiger partial charge in [0.15, 0.2) is 0 Å². The minimum atomic E-state index is -0.182. The van der Waals surface area contributed by atoms with Gasteiger partial charge in [0.05, 0.1) is 11.4 Å². The van der Waals surface area contributed by atoms with Crippen LogP contribution >= 0.6 is 34.5 Å². The molecule has 1 amide bonds. The van der Waals surface area contributed by atoms with Crippen LogP contribution in [0.2, 0.25) is 10.0 Å². The van der Waals surface area contributed by atoms with Gasteiger partial charge in [-0.05, 0) is 24.3 Å². The molecule has 28 heavy (non-hydrogen) atoms. The molecule has 0 aliphatic heterocycles. The number of halogens is 2. The number of nitrogens with one attached hydrogen (secondary N) is 1. The highest BCUT2D eigenvalue weighted by Crippen LogP contribution is 2.30. The summed E-state index contributed by atoms with van der Waals surface area (Å²) in [4.78, 5) is 16.3. The van der Waals surface area contributed by atoms with Crippen LogP contribution in [0.15, 0.2) is 60.0 Å². The molecule has 5 nitrogen and oxygen atoms in total. The molecule has 2 aromatic heterocycles. The predicted octanol–water partition coefficient (Wildman–Crippen LogP) is 5.93. The molecule has 2 aromatic carbocycles. The number of anilines is 1. The molecule has 1 N–H and O–H groups in total. The first-order valence-electron chi connectivity index (χ1n) is 8.35. The average molecular weight is 429 g/mol. The van der Waals surface area contributed by atoms with Crippen molar-refractivity contribution in [2.45, 2.75) is 6.92 Å². The standard InChI is InChI=1S/C20H14Cl2N4OS/c1-12(27)23-19-10-17(13-2-6-15(21)7-3-13)25-26(19)20-24-18(11-28-20)14-4-8-16(22)9-5-14/h2-11H,1H3,(H,23,27). The molecule has 0 spiro atoms. The minimum absolute atomic E-state index is 0.182. The van der Waals surface area contributed by atoms with Crippen molar-refractivity contribution < 1.29 is 4.79 Å². The fourth-order valence-corrected chi connectivity index (χ4v) is 3.72. The van der Waals surface area contributed by atoms with Crippen molar-refractivity contribution in [2.75, 3.05) is 5.32 Å². The Morgan fingerprint density at radius 3 is 2.11 bits per heavy atom. The molecule has 4 rings (SSSR count). The first kappa shape index (κ1) is 18.7. The van der Waals surface area contributed by atoms with Crippen LogP contribution in [0, 0.1) is 0 Å². The maximum absolute atomic E-state index is 11.6. The van der Waals surface area contributed by atoms with Gasteiger partial charge in [-0.1, -0.05) is 47.5 Å². The van der Waals surface area contributed by atoms with Crippen LogP contribution in [0.1, 0.15) is 6.92 Å². The van der Waals surface area contributed by atoms with Crippen LogP contribution in [0.5, 0.6) is 0 Å². The third-order valence-electron chi connectivity index (χ3n) is 3.97. The van der Waals surface area contributed by atoms with E-state index < -0.39 is 0 Å². The number of nitrogens with zero attached hydrogens (tertiary/aromatic N) is 3. The quantitative estimate of drug-likeness (QED) is 0.438. The lowest BCUT2D eigenvalue weighted by molar-refractivity contribution is -0.114. The number of amides is 1. The van der Waals surface area contributed by atoms with E-state index in [1.54, 1.807) is 16.8 Å². The largest absolute Gasteiger partial charge is 0.311 e. The molecule has 0 saturated heterocycles. The molecule has 0 saturated carbocycles. The van der Waals surface area contributed by atoms with Crippen LogP contribution < -0.4 is 5.32 Å². The molecule has 2 heterocycles. The lowest BCUT2D eigenvalue weighted by Gasteiger charge is -2.03. The molecule has 0 aliphatic carbocycles. The van der Waals surface area contributed by atoms with Gasteiger partial charge < -0.3 is 5.32 Å². The molecule has 0 atom stereocenters. The summed E-state index contributed by atoms with van der Waals surface area (Å²) in [7, 11) is 0. The number of carbonyl (C=O) groups excluding carboxylic acids is 1. The molecule has 0 aliphatic rings. The summed E-state index contributed by atoms with van der Waals surface area (Å²) in [5.41, 5.74) is 3.37. The molecule has 0 fully saturated rings. The van der Waals surface area contributed by atoms with Crippen LogP contribution in [0.25, 0.3) is 27.6 Å². The van der Waals surface area contributed by atoms with Gasteiger partial charge in [0.1, 0.15) is 5.82 Å². The molecule has 0 bridgehead atoms. The van der Waals surface area contributed by atoms with E-state index >= 15 is 0 Å². The maximum Gasteiger partial charge on any atom is 0.222 e. The van der Waals surface area contributed by atoms with Crippen molar-refractivity contribution in [3.63, 3.8) is 0 Å². The number of rotatable bonds is 4. The zero-order chi connectivity index (χ0) is 19.7. The highest BCUT2D eigenvalue weighted by Gasteiger charge is 2.15. The Labute approximate surface area is 175 Å². The molecular formula is C20H14Cl2N4OS. The third kappa shape index (κ3) is 3.94. The lowest BCUT2D eigenvalue weighted by atomic mass is 10.1. The number of carbonyl (C=O) groups is 1. The van der Waals surface area contributed by atoms with Gasteiger partial charge in [-0.2, -0.15) is 9.78 Å². The fourth-order valence-electron chi connectivity index (χ4n) is 2.67. The zero-order valence-electron chi connectivity index (χ0n) is 14.7. The van der Waals surface area contributed by atoms with E-state index in [2.05, 4.69) is 15.4 Å². The average Bonchev–Trinajstić information content (AvgIpc) is 3.30. The number of hydrogen-bond acceptors (Lipinski definition) is 4. The Kier molecular flexibility index (Phi) is 5.17. The van der Waals surface area contributed by atoms with E-state index in [9.17, 15) is 4.79 Å². The fraction of sp³-hybridized carbons (Fsp3) is 0.0500. The molecule has 0 unspecified atom stereocenters. The first-order chi connectivity index (χ1) is 13.5. The molecular weight excluding hydrogens is 415 g/mol. The van der Waals surface area contributed by atoms with E-state index in [0.717, 1.165) is 16.8 Å². The lowest BCUT2D eigenvalue weighted by Crippen LogP contribution is -2.10. The van der Waals surface area contributed by atoms with Gasteiger partial charge >= 0.3 is 0 Å². The van der Waals surface area contributed by atoms with Gasteiger partial charge in [0.25, 0.3) is 0 Å². The number of benzene rings is 2. The Hall–Kier alpha value is -2.67. The van der Waals surface area contributed by atoms with Gasteiger partial charge in [-0.3, -0.25) is 4.79 Å². The second-order valence-electron chi connectivity index (χ2n) is 6.04. The summed E-state index contributed by atoms with van der Waals surface area (Å²) in [5.74, 6) is 0.368. The van der Waals surface area contributed by atoms with Gasteiger partial charge in [-0.15, -0.1) is 11.3 Å². The molecule has 0 radical (unpaired) electrons. The topological polar surface area (TPSA) is 59.8 Å². The summed E-state index contributed by atoms with van der Waals surface area (Å²) in [5, 5.41) is 11.4. The first-order valence-corrected chi connectivity index (χ1v) is 9.98. The van der Waals surface area contributed by atoms with Crippen molar-refractivity contribution in [3.05, 3.63) is 70.0 Å². The second-order valence-corrected chi connectivity index (χ2v) is 7.75. The molecule has 4 aromatic rings. The van der Waals surface area contributed by atoms with E-state index in [-0.39, 0.29) is 5.91 Å². The summed E-state index contributed by atoms with van der Waals surface area (Å²) in [6.45, 7) is 1.46. The van der Waals surface area contributed by atoms with Crippen molar-refractivity contribution in [3.8, 4) is 27.6 Å². The molecule has 8 heteroatoms. The van der Waals surface area contributed by atoms with Gasteiger partial charge in [-0.25, -0.2) is 4.98 Å². The zero-order valence-corrected chi connectivity index (χ0v) is 17.0. The summed E-state index contributed by atoms with van der Waals surface area (Å²) >= 11 is 13.4.